The summed E-state index contributed by atoms with van der Waals surface area (Å²) in [7, 11) is 0. The second-order valence-electron chi connectivity index (χ2n) is 6.74. The summed E-state index contributed by atoms with van der Waals surface area (Å²) in [6.07, 6.45) is 3.19. The third kappa shape index (κ3) is 0.803. The van der Waals surface area contributed by atoms with Gasteiger partial charge in [0.1, 0.15) is 0 Å². The van der Waals surface area contributed by atoms with E-state index in [1.54, 1.807) is 12.8 Å². The zero-order chi connectivity index (χ0) is 10.8. The number of halogens is 3. The lowest BCUT2D eigenvalue weighted by molar-refractivity contribution is 0.0549. The first-order valence-corrected chi connectivity index (χ1v) is 10.6. The van der Waals surface area contributed by atoms with Gasteiger partial charge in [0, 0.05) is 12.3 Å². The fraction of sp³-hybridized carbons (Fsp3) is 1.00. The first-order valence-electron chi connectivity index (χ1n) is 6.57. The Labute approximate surface area is 138 Å². The van der Waals surface area contributed by atoms with Crippen molar-refractivity contribution in [2.75, 3.05) is 4.43 Å². The van der Waals surface area contributed by atoms with Crippen molar-refractivity contribution >= 4 is 67.8 Å². The molecule has 0 unspecified atom stereocenters. The Balaban J connectivity index is 1.76. The van der Waals surface area contributed by atoms with Crippen molar-refractivity contribution < 1.29 is 0 Å². The fourth-order valence-electron chi connectivity index (χ4n) is 7.35. The van der Waals surface area contributed by atoms with Gasteiger partial charge in [-0.3, -0.25) is 0 Å². The van der Waals surface area contributed by atoms with E-state index in [9.17, 15) is 0 Å². The van der Waals surface area contributed by atoms with Crippen LogP contribution in [0.2, 0.25) is 0 Å². The van der Waals surface area contributed by atoms with Crippen LogP contribution in [0.3, 0.4) is 0 Å². The molecule has 6 fully saturated rings. The van der Waals surface area contributed by atoms with Crippen LogP contribution in [0, 0.1) is 46.8 Å². The molecule has 0 N–H and O–H groups in total. The minimum Gasteiger partial charge on any atom is -0.0864 e. The molecule has 6 saturated carbocycles. The maximum atomic E-state index is 2.88. The molecule has 3 heteroatoms. The molecule has 0 saturated heterocycles. The van der Waals surface area contributed by atoms with E-state index in [1.165, 1.54) is 39.9 Å². The van der Waals surface area contributed by atoms with Crippen molar-refractivity contribution in [1.82, 2.24) is 0 Å². The lowest BCUT2D eigenvalue weighted by Crippen LogP contribution is -2.40. The zero-order valence-electron chi connectivity index (χ0n) is 8.95. The number of alkyl halides is 3. The summed E-state index contributed by atoms with van der Waals surface area (Å²) < 4.78 is 3.52. The van der Waals surface area contributed by atoms with Crippen molar-refractivity contribution in [2.24, 2.45) is 46.8 Å². The first-order chi connectivity index (χ1) is 7.73. The molecule has 10 atom stereocenters. The number of hydrogen-bond acceptors (Lipinski definition) is 0. The van der Waals surface area contributed by atoms with Crippen LogP contribution in [0.25, 0.3) is 0 Å². The molecule has 0 amide bonds. The van der Waals surface area contributed by atoms with Crippen LogP contribution in [0.4, 0.5) is 0 Å². The van der Waals surface area contributed by atoms with E-state index in [1.807, 2.05) is 0 Å². The zero-order valence-corrected chi connectivity index (χ0v) is 15.4. The Morgan fingerprint density at radius 1 is 1.00 bits per heavy atom. The summed E-state index contributed by atoms with van der Waals surface area (Å²) in [6.45, 7) is 0. The van der Waals surface area contributed by atoms with Crippen molar-refractivity contribution in [3.8, 4) is 0 Å². The molecule has 0 heterocycles. The van der Waals surface area contributed by atoms with E-state index >= 15 is 0 Å². The molecular weight excluding hydrogens is 537 g/mol. The van der Waals surface area contributed by atoms with Crippen LogP contribution in [-0.2, 0) is 0 Å². The maximum absolute atomic E-state index is 2.88. The average molecular weight is 552 g/mol. The van der Waals surface area contributed by atoms with E-state index in [-0.39, 0.29) is 0 Å². The lowest BCUT2D eigenvalue weighted by Gasteiger charge is -2.42. The highest BCUT2D eigenvalue weighted by atomic mass is 127. The van der Waals surface area contributed by atoms with Gasteiger partial charge in [0.15, 0.2) is 0 Å². The fourth-order valence-corrected chi connectivity index (χ4v) is 12.6. The normalized spacial score (nSPS) is 76.3. The van der Waals surface area contributed by atoms with E-state index in [0.717, 1.165) is 19.2 Å². The highest BCUT2D eigenvalue weighted by molar-refractivity contribution is 14.1. The first kappa shape index (κ1) is 10.9. The predicted octanol–water partition coefficient (Wildman–Crippen LogP) is 4.18. The second kappa shape index (κ2) is 3.09. The molecular formula is C13H15I3. The molecule has 6 rings (SSSR count). The van der Waals surface area contributed by atoms with Gasteiger partial charge in [-0.05, 0) is 59.7 Å². The minimum absolute atomic E-state index is 0.825. The Morgan fingerprint density at radius 2 is 1.81 bits per heavy atom. The van der Waals surface area contributed by atoms with E-state index in [2.05, 4.69) is 67.8 Å². The second-order valence-corrected chi connectivity index (χ2v) is 10.6. The summed E-state index contributed by atoms with van der Waals surface area (Å²) in [4.78, 5) is 0. The van der Waals surface area contributed by atoms with Gasteiger partial charge in [0.2, 0.25) is 0 Å². The van der Waals surface area contributed by atoms with Crippen LogP contribution in [0.1, 0.15) is 12.8 Å². The topological polar surface area (TPSA) is 0 Å². The molecule has 0 aliphatic heterocycles. The van der Waals surface area contributed by atoms with Crippen molar-refractivity contribution in [3.05, 3.63) is 0 Å². The summed E-state index contributed by atoms with van der Waals surface area (Å²) in [5.74, 6) is 8.21. The molecule has 6 aliphatic carbocycles. The van der Waals surface area contributed by atoms with Crippen LogP contribution in [0.5, 0.6) is 0 Å². The van der Waals surface area contributed by atoms with Gasteiger partial charge < -0.3 is 0 Å². The van der Waals surface area contributed by atoms with Gasteiger partial charge in [-0.25, -0.2) is 0 Å². The van der Waals surface area contributed by atoms with E-state index in [0.29, 0.717) is 0 Å². The maximum Gasteiger partial charge on any atom is 0.0206 e. The van der Waals surface area contributed by atoms with Gasteiger partial charge in [-0.15, -0.1) is 0 Å². The van der Waals surface area contributed by atoms with E-state index < -0.39 is 0 Å². The van der Waals surface area contributed by atoms with Crippen LogP contribution in [0.15, 0.2) is 0 Å². The molecule has 88 valence electrons. The number of hydrogen-bond donors (Lipinski definition) is 0. The minimum atomic E-state index is 0.825. The predicted molar refractivity (Wildman–Crippen MR) is 90.6 cm³/mol. The highest BCUT2D eigenvalue weighted by Gasteiger charge is 2.87. The van der Waals surface area contributed by atoms with Crippen LogP contribution in [-0.4, -0.2) is 12.3 Å². The molecule has 0 radical (unpaired) electrons. The standard InChI is InChI=1S/C13H15I3/c14-2-1-13-9-5-3-4-6(7(5)12(13)16)10(13)11(15)8(4)9/h4-12H,1-3H2/t4-,5+,6-,7-,8+,9+,10-,11-,12+,13-/m0/s1. The summed E-state index contributed by atoms with van der Waals surface area (Å²) in [5.41, 5.74) is 0.825. The Morgan fingerprint density at radius 3 is 2.56 bits per heavy atom. The summed E-state index contributed by atoms with van der Waals surface area (Å²) in [5, 5.41) is 0. The van der Waals surface area contributed by atoms with Gasteiger partial charge >= 0.3 is 0 Å². The highest BCUT2D eigenvalue weighted by Crippen LogP contribution is 2.89. The smallest absolute Gasteiger partial charge is 0.0206 e. The lowest BCUT2D eigenvalue weighted by atomic mass is 9.62. The third-order valence-electron chi connectivity index (χ3n) is 7.09. The monoisotopic (exact) mass is 552 g/mol. The largest absolute Gasteiger partial charge is 0.0864 e. The van der Waals surface area contributed by atoms with Gasteiger partial charge in [-0.2, -0.15) is 0 Å². The van der Waals surface area contributed by atoms with Crippen molar-refractivity contribution in [3.63, 3.8) is 0 Å². The average Bonchev–Trinajstić information content (AvgIpc) is 2.95. The van der Waals surface area contributed by atoms with Gasteiger partial charge in [0.05, 0.1) is 0 Å². The quantitative estimate of drug-likeness (QED) is 0.357. The molecule has 0 aromatic carbocycles. The van der Waals surface area contributed by atoms with Crippen molar-refractivity contribution in [1.29, 1.82) is 0 Å². The third-order valence-corrected chi connectivity index (χ3v) is 11.2. The molecule has 6 aliphatic rings. The van der Waals surface area contributed by atoms with Crippen LogP contribution < -0.4 is 0 Å². The van der Waals surface area contributed by atoms with Crippen molar-refractivity contribution in [2.45, 2.75) is 20.7 Å². The summed E-state index contributed by atoms with van der Waals surface area (Å²) in [6, 6.07) is 0. The Bertz CT molecular complexity index is 379. The SMILES string of the molecule is ICC[C@]12[C@@H]3[C@@H](I)[C@@H]4[C@H]5C[C@H]([C@@H]([C@H]53)[C@H]1I)[C@H]42. The van der Waals surface area contributed by atoms with Crippen LogP contribution >= 0.6 is 67.8 Å². The molecule has 6 bridgehead atoms. The van der Waals surface area contributed by atoms with Gasteiger partial charge in [0.25, 0.3) is 0 Å². The Kier molecular flexibility index (Phi) is 2.11. The summed E-state index contributed by atoms with van der Waals surface area (Å²) >= 11 is 8.37. The molecule has 16 heavy (non-hydrogen) atoms. The Hall–Kier alpha value is 2.19. The molecule has 0 aromatic rings. The van der Waals surface area contributed by atoms with Gasteiger partial charge in [-0.1, -0.05) is 67.8 Å². The molecule has 0 aromatic heterocycles. The number of rotatable bonds is 2. The molecule has 0 nitrogen and oxygen atoms in total. The van der Waals surface area contributed by atoms with E-state index in [4.69, 9.17) is 0 Å². The molecule has 0 spiro atoms.